The van der Waals surface area contributed by atoms with Crippen molar-refractivity contribution >= 4 is 11.8 Å². The Kier molecular flexibility index (Phi) is 5.31. The number of amides is 2. The molecular formula is C19H25N7O2. The molecule has 1 atom stereocenters. The molecule has 4 heterocycles. The quantitative estimate of drug-likeness (QED) is 0.761. The molecule has 148 valence electrons. The number of likely N-dealkylation sites (tertiary alicyclic amines) is 2. The van der Waals surface area contributed by atoms with Crippen LogP contribution in [0.5, 0.6) is 0 Å². The molecule has 1 spiro atoms. The van der Waals surface area contributed by atoms with Gasteiger partial charge in [-0.05, 0) is 47.4 Å². The number of tetrazole rings is 1. The lowest BCUT2D eigenvalue weighted by molar-refractivity contribution is -0.143. The number of nitrogens with zero attached hydrogens (tertiary/aromatic N) is 7. The maximum atomic E-state index is 12.7. The Balaban J connectivity index is 1.39. The van der Waals surface area contributed by atoms with Gasteiger partial charge in [0.2, 0.25) is 11.8 Å². The summed E-state index contributed by atoms with van der Waals surface area (Å²) in [4.78, 5) is 33.2. The number of hydrogen-bond donors (Lipinski definition) is 0. The van der Waals surface area contributed by atoms with E-state index in [0.29, 0.717) is 32.5 Å². The summed E-state index contributed by atoms with van der Waals surface area (Å²) < 4.78 is 1.58. The lowest BCUT2D eigenvalue weighted by atomic mass is 9.73. The fourth-order valence-electron chi connectivity index (χ4n) is 4.36. The van der Waals surface area contributed by atoms with Crippen molar-refractivity contribution in [3.63, 3.8) is 0 Å². The van der Waals surface area contributed by atoms with Crippen molar-refractivity contribution in [2.45, 2.75) is 45.2 Å². The molecule has 0 N–H and O–H groups in total. The minimum absolute atomic E-state index is 0.00363. The third-order valence-corrected chi connectivity index (χ3v) is 5.83. The number of pyridine rings is 1. The Morgan fingerprint density at radius 1 is 1.18 bits per heavy atom. The largest absolute Gasteiger partial charge is 0.342 e. The van der Waals surface area contributed by atoms with Gasteiger partial charge in [-0.15, -0.1) is 5.10 Å². The van der Waals surface area contributed by atoms with Crippen molar-refractivity contribution < 1.29 is 9.59 Å². The van der Waals surface area contributed by atoms with E-state index in [-0.39, 0.29) is 17.2 Å². The molecule has 9 heteroatoms. The summed E-state index contributed by atoms with van der Waals surface area (Å²) in [7, 11) is 0. The minimum Gasteiger partial charge on any atom is -0.342 e. The van der Waals surface area contributed by atoms with Crippen molar-refractivity contribution in [2.75, 3.05) is 19.6 Å². The van der Waals surface area contributed by atoms with Crippen molar-refractivity contribution in [3.8, 4) is 0 Å². The van der Waals surface area contributed by atoms with E-state index in [1.165, 1.54) is 6.33 Å². The standard InChI is InChI=1S/C19H25N7O2/c27-17-2-7-19(14-25(17)12-16-3-8-20-9-4-16)6-1-10-24(13-19)18(28)5-11-26-15-21-22-23-26/h3-4,8-9,15H,1-2,5-7,10-14H2. The van der Waals surface area contributed by atoms with Crippen LogP contribution in [0.15, 0.2) is 30.9 Å². The summed E-state index contributed by atoms with van der Waals surface area (Å²) in [6, 6.07) is 3.90. The molecule has 2 aliphatic rings. The highest BCUT2D eigenvalue weighted by Gasteiger charge is 2.42. The van der Waals surface area contributed by atoms with Gasteiger partial charge in [-0.3, -0.25) is 14.6 Å². The molecule has 9 nitrogen and oxygen atoms in total. The summed E-state index contributed by atoms with van der Waals surface area (Å²) in [6.07, 6.45) is 8.87. The summed E-state index contributed by atoms with van der Waals surface area (Å²) >= 11 is 0. The third-order valence-electron chi connectivity index (χ3n) is 5.83. The van der Waals surface area contributed by atoms with Crippen LogP contribution in [0.4, 0.5) is 0 Å². The fourth-order valence-corrected chi connectivity index (χ4v) is 4.36. The van der Waals surface area contributed by atoms with Gasteiger partial charge >= 0.3 is 0 Å². The van der Waals surface area contributed by atoms with Crippen LogP contribution in [0.3, 0.4) is 0 Å². The van der Waals surface area contributed by atoms with Crippen LogP contribution in [-0.2, 0) is 22.7 Å². The highest BCUT2D eigenvalue weighted by atomic mass is 16.2. The highest BCUT2D eigenvalue weighted by Crippen LogP contribution is 2.39. The first-order chi connectivity index (χ1) is 13.6. The van der Waals surface area contributed by atoms with E-state index < -0.39 is 0 Å². The summed E-state index contributed by atoms with van der Waals surface area (Å²) in [5.41, 5.74) is 1.09. The van der Waals surface area contributed by atoms with E-state index in [4.69, 9.17) is 0 Å². The van der Waals surface area contributed by atoms with Crippen LogP contribution >= 0.6 is 0 Å². The minimum atomic E-state index is 0.00363. The summed E-state index contributed by atoms with van der Waals surface area (Å²) in [5.74, 6) is 0.330. The predicted molar refractivity (Wildman–Crippen MR) is 99.6 cm³/mol. The number of aryl methyl sites for hydroxylation is 1. The molecule has 2 aliphatic heterocycles. The lowest BCUT2D eigenvalue weighted by Crippen LogP contribution is -2.54. The normalized spacial score (nSPS) is 22.6. The first kappa shape index (κ1) is 18.5. The van der Waals surface area contributed by atoms with Gasteiger partial charge in [0, 0.05) is 56.8 Å². The zero-order valence-electron chi connectivity index (χ0n) is 15.9. The van der Waals surface area contributed by atoms with Crippen molar-refractivity contribution in [1.82, 2.24) is 35.0 Å². The molecular weight excluding hydrogens is 358 g/mol. The van der Waals surface area contributed by atoms with Gasteiger partial charge in [0.1, 0.15) is 6.33 Å². The van der Waals surface area contributed by atoms with Crippen LogP contribution in [0, 0.1) is 5.41 Å². The second kappa shape index (κ2) is 8.04. The van der Waals surface area contributed by atoms with Crippen molar-refractivity contribution in [2.24, 2.45) is 5.41 Å². The second-order valence-corrected chi connectivity index (χ2v) is 7.85. The molecule has 2 saturated heterocycles. The van der Waals surface area contributed by atoms with Crippen molar-refractivity contribution in [1.29, 1.82) is 0 Å². The van der Waals surface area contributed by atoms with Crippen LogP contribution in [0.2, 0.25) is 0 Å². The molecule has 0 aliphatic carbocycles. The number of aromatic nitrogens is 5. The van der Waals surface area contributed by atoms with Gasteiger partial charge in [-0.1, -0.05) is 0 Å². The molecule has 4 rings (SSSR count). The Bertz CT molecular complexity index is 811. The van der Waals surface area contributed by atoms with Gasteiger partial charge < -0.3 is 9.80 Å². The zero-order valence-corrected chi connectivity index (χ0v) is 15.9. The Morgan fingerprint density at radius 2 is 2.04 bits per heavy atom. The molecule has 1 unspecified atom stereocenters. The summed E-state index contributed by atoms with van der Waals surface area (Å²) in [6.45, 7) is 3.32. The van der Waals surface area contributed by atoms with E-state index in [1.54, 1.807) is 17.1 Å². The number of carbonyl (C=O) groups is 2. The Hall–Kier alpha value is -2.84. The first-order valence-corrected chi connectivity index (χ1v) is 9.79. The Morgan fingerprint density at radius 3 is 2.82 bits per heavy atom. The van der Waals surface area contributed by atoms with Crippen molar-refractivity contribution in [3.05, 3.63) is 36.4 Å². The fraction of sp³-hybridized carbons (Fsp3) is 0.579. The number of rotatable bonds is 5. The SMILES string of the molecule is O=C(CCn1cnnn1)N1CCCC2(CCC(=O)N(Cc3ccncc3)C2)C1. The van der Waals surface area contributed by atoms with Gasteiger partial charge in [-0.2, -0.15) is 0 Å². The van der Waals surface area contributed by atoms with Crippen LogP contribution in [0.25, 0.3) is 0 Å². The molecule has 0 saturated carbocycles. The summed E-state index contributed by atoms with van der Waals surface area (Å²) in [5, 5.41) is 11.0. The molecule has 2 aromatic heterocycles. The molecule has 0 bridgehead atoms. The van der Waals surface area contributed by atoms with E-state index in [9.17, 15) is 9.59 Å². The average Bonchev–Trinajstić information content (AvgIpc) is 3.24. The maximum absolute atomic E-state index is 12.7. The molecule has 2 fully saturated rings. The smallest absolute Gasteiger partial charge is 0.224 e. The van der Waals surface area contributed by atoms with E-state index in [1.807, 2.05) is 21.9 Å². The third kappa shape index (κ3) is 4.18. The van der Waals surface area contributed by atoms with Crippen LogP contribution in [-0.4, -0.2) is 66.4 Å². The van der Waals surface area contributed by atoms with E-state index in [2.05, 4.69) is 20.5 Å². The zero-order chi connectivity index (χ0) is 19.4. The number of hydrogen-bond acceptors (Lipinski definition) is 6. The van der Waals surface area contributed by atoms with E-state index >= 15 is 0 Å². The van der Waals surface area contributed by atoms with Gasteiger partial charge in [0.15, 0.2) is 0 Å². The van der Waals surface area contributed by atoms with Gasteiger partial charge in [-0.25, -0.2) is 4.68 Å². The number of piperidine rings is 2. The average molecular weight is 383 g/mol. The van der Waals surface area contributed by atoms with Gasteiger partial charge in [0.25, 0.3) is 0 Å². The van der Waals surface area contributed by atoms with Crippen LogP contribution < -0.4 is 0 Å². The first-order valence-electron chi connectivity index (χ1n) is 9.79. The second-order valence-electron chi connectivity index (χ2n) is 7.85. The molecule has 2 aromatic rings. The predicted octanol–water partition coefficient (Wildman–Crippen LogP) is 0.890. The molecule has 2 amide bonds. The Labute approximate surface area is 163 Å². The lowest BCUT2D eigenvalue weighted by Gasteiger charge is -2.48. The molecule has 0 aromatic carbocycles. The monoisotopic (exact) mass is 383 g/mol. The number of carbonyl (C=O) groups excluding carboxylic acids is 2. The highest BCUT2D eigenvalue weighted by molar-refractivity contribution is 5.78. The topological polar surface area (TPSA) is 97.1 Å². The van der Waals surface area contributed by atoms with E-state index in [0.717, 1.165) is 37.9 Å². The van der Waals surface area contributed by atoms with Crippen LogP contribution in [0.1, 0.15) is 37.7 Å². The maximum Gasteiger partial charge on any atom is 0.224 e. The molecule has 28 heavy (non-hydrogen) atoms. The molecule has 0 radical (unpaired) electrons. The van der Waals surface area contributed by atoms with Gasteiger partial charge in [0.05, 0.1) is 6.54 Å².